The molecular formula is C16H18ClN3O5S2. The van der Waals surface area contributed by atoms with E-state index in [2.05, 4.69) is 10.3 Å². The van der Waals surface area contributed by atoms with Gasteiger partial charge in [0.1, 0.15) is 4.88 Å². The van der Waals surface area contributed by atoms with Crippen molar-refractivity contribution >= 4 is 50.0 Å². The first-order chi connectivity index (χ1) is 12.6. The largest absolute Gasteiger partial charge is 0.462 e. The summed E-state index contributed by atoms with van der Waals surface area (Å²) in [5, 5.41) is 2.80. The van der Waals surface area contributed by atoms with Crippen molar-refractivity contribution in [1.82, 2.24) is 9.29 Å². The van der Waals surface area contributed by atoms with Gasteiger partial charge in [0.2, 0.25) is 10.0 Å². The van der Waals surface area contributed by atoms with Gasteiger partial charge in [0.15, 0.2) is 5.13 Å². The first-order valence-corrected chi connectivity index (χ1v) is 10.4. The minimum absolute atomic E-state index is 0.0230. The molecule has 0 aliphatic heterocycles. The van der Waals surface area contributed by atoms with Crippen LogP contribution in [0.25, 0.3) is 0 Å². The lowest BCUT2D eigenvalue weighted by Gasteiger charge is -2.13. The molecule has 0 aliphatic rings. The smallest absolute Gasteiger partial charge is 0.350 e. The molecule has 1 amide bonds. The van der Waals surface area contributed by atoms with Crippen LogP contribution < -0.4 is 5.32 Å². The predicted molar refractivity (Wildman–Crippen MR) is 103 cm³/mol. The highest BCUT2D eigenvalue weighted by atomic mass is 35.5. The van der Waals surface area contributed by atoms with Gasteiger partial charge < -0.3 is 4.74 Å². The number of nitrogens with zero attached hydrogens (tertiary/aromatic N) is 2. The monoisotopic (exact) mass is 431 g/mol. The zero-order chi connectivity index (χ0) is 20.4. The van der Waals surface area contributed by atoms with Crippen LogP contribution in [0.3, 0.4) is 0 Å². The second-order valence-electron chi connectivity index (χ2n) is 5.54. The Morgan fingerprint density at radius 3 is 2.59 bits per heavy atom. The fourth-order valence-corrected chi connectivity index (χ4v) is 4.04. The van der Waals surface area contributed by atoms with Gasteiger partial charge in [0, 0.05) is 14.1 Å². The number of hydrogen-bond donors (Lipinski definition) is 1. The van der Waals surface area contributed by atoms with Crippen molar-refractivity contribution in [3.8, 4) is 0 Å². The van der Waals surface area contributed by atoms with Gasteiger partial charge in [-0.25, -0.2) is 22.5 Å². The van der Waals surface area contributed by atoms with E-state index >= 15 is 0 Å². The zero-order valence-corrected chi connectivity index (χ0v) is 17.5. The number of carbonyl (C=O) groups is 2. The molecule has 0 spiro atoms. The lowest BCUT2D eigenvalue weighted by molar-refractivity contribution is 0.0531. The highest BCUT2D eigenvalue weighted by Gasteiger charge is 2.22. The summed E-state index contributed by atoms with van der Waals surface area (Å²) in [6, 6.07) is 3.85. The van der Waals surface area contributed by atoms with Crippen molar-refractivity contribution in [2.24, 2.45) is 0 Å². The standard InChI is InChI=1S/C16H18ClN3O5S2/c1-5-25-15(22)13-9(2)18-16(26-13)19-14(21)11-8-10(6-7-12(11)17)27(23,24)20(3)4/h6-8H,5H2,1-4H3,(H,18,19,21). The Hall–Kier alpha value is -2.01. The molecule has 0 radical (unpaired) electrons. The minimum Gasteiger partial charge on any atom is -0.462 e. The van der Waals surface area contributed by atoms with Crippen LogP contribution in [0.5, 0.6) is 0 Å². The van der Waals surface area contributed by atoms with E-state index in [1.165, 1.54) is 32.3 Å². The third-order valence-corrected chi connectivity index (χ3v) is 6.63. The van der Waals surface area contributed by atoms with E-state index in [0.29, 0.717) is 5.69 Å². The summed E-state index contributed by atoms with van der Waals surface area (Å²) < 4.78 is 30.5. The molecule has 0 atom stereocenters. The van der Waals surface area contributed by atoms with Crippen LogP contribution >= 0.6 is 22.9 Å². The van der Waals surface area contributed by atoms with E-state index in [9.17, 15) is 18.0 Å². The summed E-state index contributed by atoms with van der Waals surface area (Å²) >= 11 is 7.02. The number of amides is 1. The fourth-order valence-electron chi connectivity index (χ4n) is 2.05. The van der Waals surface area contributed by atoms with Crippen molar-refractivity contribution in [3.63, 3.8) is 0 Å². The van der Waals surface area contributed by atoms with Crippen LogP contribution in [-0.4, -0.2) is 50.3 Å². The lowest BCUT2D eigenvalue weighted by Crippen LogP contribution is -2.23. The molecule has 146 valence electrons. The highest BCUT2D eigenvalue weighted by Crippen LogP contribution is 2.26. The number of hydrogen-bond acceptors (Lipinski definition) is 7. The molecule has 0 saturated heterocycles. The molecule has 1 aromatic carbocycles. The van der Waals surface area contributed by atoms with Crippen LogP contribution in [0.2, 0.25) is 5.02 Å². The molecule has 0 bridgehead atoms. The quantitative estimate of drug-likeness (QED) is 0.705. The molecule has 0 aliphatic carbocycles. The summed E-state index contributed by atoms with van der Waals surface area (Å²) in [7, 11) is -0.947. The van der Waals surface area contributed by atoms with Gasteiger partial charge in [-0.1, -0.05) is 22.9 Å². The van der Waals surface area contributed by atoms with Crippen molar-refractivity contribution in [3.05, 3.63) is 39.4 Å². The molecule has 1 N–H and O–H groups in total. The SMILES string of the molecule is CCOC(=O)c1sc(NC(=O)c2cc(S(=O)(=O)N(C)C)ccc2Cl)nc1C. The molecule has 0 fully saturated rings. The Kier molecular flexibility index (Phi) is 6.58. The second kappa shape index (κ2) is 8.34. The van der Waals surface area contributed by atoms with Gasteiger partial charge in [-0.15, -0.1) is 0 Å². The number of benzene rings is 1. The van der Waals surface area contributed by atoms with Crippen LogP contribution in [0.1, 0.15) is 32.6 Å². The second-order valence-corrected chi connectivity index (χ2v) is 9.10. The Balaban J connectivity index is 2.32. The maximum absolute atomic E-state index is 12.5. The average Bonchev–Trinajstić information content (AvgIpc) is 2.95. The van der Waals surface area contributed by atoms with Gasteiger partial charge in [-0.3, -0.25) is 10.1 Å². The summed E-state index contributed by atoms with van der Waals surface area (Å²) in [6.07, 6.45) is 0. The van der Waals surface area contributed by atoms with E-state index in [4.69, 9.17) is 16.3 Å². The van der Waals surface area contributed by atoms with Gasteiger partial charge in [0.25, 0.3) is 5.91 Å². The summed E-state index contributed by atoms with van der Waals surface area (Å²) in [4.78, 5) is 28.7. The summed E-state index contributed by atoms with van der Waals surface area (Å²) in [5.41, 5.74) is 0.397. The average molecular weight is 432 g/mol. The number of thiazole rings is 1. The van der Waals surface area contributed by atoms with Gasteiger partial charge in [-0.05, 0) is 32.0 Å². The van der Waals surface area contributed by atoms with Crippen LogP contribution in [0.15, 0.2) is 23.1 Å². The van der Waals surface area contributed by atoms with E-state index < -0.39 is 21.9 Å². The number of aromatic nitrogens is 1. The van der Waals surface area contributed by atoms with E-state index in [-0.39, 0.29) is 32.1 Å². The van der Waals surface area contributed by atoms with Gasteiger partial charge in [0.05, 0.1) is 27.8 Å². The third-order valence-electron chi connectivity index (χ3n) is 3.44. The van der Waals surface area contributed by atoms with E-state index in [1.54, 1.807) is 13.8 Å². The number of carbonyl (C=O) groups excluding carboxylic acids is 2. The third kappa shape index (κ3) is 4.64. The first kappa shape index (κ1) is 21.3. The molecule has 11 heteroatoms. The normalized spacial score (nSPS) is 11.5. The molecule has 0 unspecified atom stereocenters. The molecular weight excluding hydrogens is 414 g/mol. The number of anilines is 1. The maximum atomic E-state index is 12.5. The molecule has 1 heterocycles. The molecule has 8 nitrogen and oxygen atoms in total. The van der Waals surface area contributed by atoms with Crippen LogP contribution in [0, 0.1) is 6.92 Å². The fraction of sp³-hybridized carbons (Fsp3) is 0.312. The molecule has 0 saturated carbocycles. The van der Waals surface area contributed by atoms with Crippen LogP contribution in [-0.2, 0) is 14.8 Å². The Morgan fingerprint density at radius 1 is 1.33 bits per heavy atom. The topological polar surface area (TPSA) is 106 Å². The Bertz CT molecular complexity index is 986. The van der Waals surface area contributed by atoms with Crippen molar-refractivity contribution in [2.45, 2.75) is 18.7 Å². The minimum atomic E-state index is -3.72. The maximum Gasteiger partial charge on any atom is 0.350 e. The van der Waals surface area contributed by atoms with Crippen molar-refractivity contribution in [2.75, 3.05) is 26.0 Å². The number of nitrogens with one attached hydrogen (secondary N) is 1. The zero-order valence-electron chi connectivity index (χ0n) is 15.1. The van der Waals surface area contributed by atoms with Crippen molar-refractivity contribution < 1.29 is 22.7 Å². The Labute approximate surface area is 166 Å². The number of ether oxygens (including phenoxy) is 1. The van der Waals surface area contributed by atoms with Gasteiger partial charge >= 0.3 is 5.97 Å². The predicted octanol–water partition coefficient (Wildman–Crippen LogP) is 2.78. The summed E-state index contributed by atoms with van der Waals surface area (Å²) in [5.74, 6) is -1.16. The highest BCUT2D eigenvalue weighted by molar-refractivity contribution is 7.89. The molecule has 1 aromatic heterocycles. The Morgan fingerprint density at radius 2 is 2.00 bits per heavy atom. The lowest BCUT2D eigenvalue weighted by atomic mass is 10.2. The van der Waals surface area contributed by atoms with E-state index in [0.717, 1.165) is 15.6 Å². The number of halogens is 1. The van der Waals surface area contributed by atoms with Crippen molar-refractivity contribution in [1.29, 1.82) is 0 Å². The van der Waals surface area contributed by atoms with Crippen LogP contribution in [0.4, 0.5) is 5.13 Å². The molecule has 2 aromatic rings. The molecule has 2 rings (SSSR count). The number of aryl methyl sites for hydroxylation is 1. The number of esters is 1. The first-order valence-electron chi connectivity index (χ1n) is 7.76. The number of sulfonamides is 1. The van der Waals surface area contributed by atoms with E-state index in [1.807, 2.05) is 0 Å². The number of rotatable bonds is 6. The van der Waals surface area contributed by atoms with Gasteiger partial charge in [-0.2, -0.15) is 0 Å². The molecule has 27 heavy (non-hydrogen) atoms. The summed E-state index contributed by atoms with van der Waals surface area (Å²) in [6.45, 7) is 3.53.